The van der Waals surface area contributed by atoms with Gasteiger partial charge in [0.1, 0.15) is 6.54 Å². The maximum absolute atomic E-state index is 11.7. The van der Waals surface area contributed by atoms with Crippen LogP contribution < -0.4 is 10.0 Å². The average molecular weight is 319 g/mol. The van der Waals surface area contributed by atoms with Crippen LogP contribution in [0.25, 0.3) is 0 Å². The van der Waals surface area contributed by atoms with Crippen LogP contribution in [0.4, 0.5) is 0 Å². The van der Waals surface area contributed by atoms with Crippen molar-refractivity contribution < 1.29 is 23.1 Å². The van der Waals surface area contributed by atoms with Crippen LogP contribution in [0.2, 0.25) is 0 Å². The molecule has 1 rings (SSSR count). The molecule has 0 spiro atoms. The van der Waals surface area contributed by atoms with Gasteiger partial charge in [0.05, 0.1) is 12.5 Å². The van der Waals surface area contributed by atoms with Gasteiger partial charge in [-0.15, -0.1) is 5.10 Å². The van der Waals surface area contributed by atoms with Gasteiger partial charge < -0.3 is 10.4 Å². The lowest BCUT2D eigenvalue weighted by atomic mass is 10.1. The minimum Gasteiger partial charge on any atom is -0.476 e. The van der Waals surface area contributed by atoms with Crippen molar-refractivity contribution in [1.29, 1.82) is 0 Å². The van der Waals surface area contributed by atoms with Gasteiger partial charge in [0.15, 0.2) is 5.69 Å². The highest BCUT2D eigenvalue weighted by atomic mass is 32.2. The van der Waals surface area contributed by atoms with E-state index >= 15 is 0 Å². The highest BCUT2D eigenvalue weighted by molar-refractivity contribution is 7.88. The highest BCUT2D eigenvalue weighted by Gasteiger charge is 2.22. The summed E-state index contributed by atoms with van der Waals surface area (Å²) >= 11 is 0. The fourth-order valence-electron chi connectivity index (χ4n) is 1.53. The molecule has 1 amide bonds. The van der Waals surface area contributed by atoms with E-state index in [1.165, 1.54) is 0 Å². The molecule has 0 atom stereocenters. The fourth-order valence-corrected chi connectivity index (χ4v) is 2.61. The molecule has 118 valence electrons. The molecule has 11 heteroatoms. The number of carbonyl (C=O) groups excluding carboxylic acids is 1. The Morgan fingerprint density at radius 3 is 2.52 bits per heavy atom. The fraction of sp³-hybridized carbons (Fsp3) is 0.600. The molecule has 0 saturated heterocycles. The van der Waals surface area contributed by atoms with E-state index in [-0.39, 0.29) is 18.8 Å². The summed E-state index contributed by atoms with van der Waals surface area (Å²) in [5.41, 5.74) is -1.11. The lowest BCUT2D eigenvalue weighted by molar-refractivity contribution is -0.122. The van der Waals surface area contributed by atoms with Gasteiger partial charge in [-0.25, -0.2) is 22.6 Å². The van der Waals surface area contributed by atoms with Crippen LogP contribution in [0.3, 0.4) is 0 Å². The van der Waals surface area contributed by atoms with Gasteiger partial charge in [0, 0.05) is 12.1 Å². The third kappa shape index (κ3) is 6.31. The van der Waals surface area contributed by atoms with Crippen molar-refractivity contribution in [2.24, 2.45) is 0 Å². The van der Waals surface area contributed by atoms with E-state index in [1.54, 1.807) is 13.8 Å². The van der Waals surface area contributed by atoms with E-state index in [1.807, 2.05) is 0 Å². The molecule has 21 heavy (non-hydrogen) atoms. The van der Waals surface area contributed by atoms with Gasteiger partial charge in [-0.1, -0.05) is 5.21 Å². The molecule has 0 radical (unpaired) electrons. The minimum absolute atomic E-state index is 0.0688. The van der Waals surface area contributed by atoms with E-state index in [2.05, 4.69) is 20.4 Å². The van der Waals surface area contributed by atoms with E-state index in [0.717, 1.165) is 17.1 Å². The van der Waals surface area contributed by atoms with Gasteiger partial charge in [-0.3, -0.25) is 4.79 Å². The summed E-state index contributed by atoms with van der Waals surface area (Å²) in [7, 11) is -3.39. The van der Waals surface area contributed by atoms with Crippen molar-refractivity contribution in [2.45, 2.75) is 25.9 Å². The predicted octanol–water partition coefficient (Wildman–Crippen LogP) is -1.58. The maximum Gasteiger partial charge on any atom is 0.358 e. The molecular weight excluding hydrogens is 302 g/mol. The first-order valence-electron chi connectivity index (χ1n) is 5.87. The predicted molar refractivity (Wildman–Crippen MR) is 72.0 cm³/mol. The molecule has 0 aliphatic rings. The van der Waals surface area contributed by atoms with Gasteiger partial charge in [-0.05, 0) is 13.8 Å². The zero-order chi connectivity index (χ0) is 16.3. The summed E-state index contributed by atoms with van der Waals surface area (Å²) in [6.07, 6.45) is 2.15. The normalized spacial score (nSPS) is 12.1. The Kier molecular flexibility index (Phi) is 5.01. The van der Waals surface area contributed by atoms with E-state index in [4.69, 9.17) is 5.11 Å². The third-order valence-electron chi connectivity index (χ3n) is 2.25. The smallest absolute Gasteiger partial charge is 0.358 e. The third-order valence-corrected chi connectivity index (χ3v) is 3.18. The first kappa shape index (κ1) is 17.0. The number of hydrogen-bond acceptors (Lipinski definition) is 6. The second-order valence-corrected chi connectivity index (χ2v) is 6.89. The first-order valence-corrected chi connectivity index (χ1v) is 7.77. The number of amides is 1. The van der Waals surface area contributed by atoms with Crippen LogP contribution in [0.15, 0.2) is 6.20 Å². The van der Waals surface area contributed by atoms with Gasteiger partial charge >= 0.3 is 5.97 Å². The topological polar surface area (TPSA) is 143 Å². The molecular formula is C10H17N5O5S. The van der Waals surface area contributed by atoms with Crippen LogP contribution in [0.5, 0.6) is 0 Å². The second kappa shape index (κ2) is 6.18. The molecule has 0 aromatic carbocycles. The number of nitrogens with zero attached hydrogens (tertiary/aromatic N) is 3. The Bertz CT molecular complexity index is 636. The summed E-state index contributed by atoms with van der Waals surface area (Å²) in [5, 5.41) is 18.1. The number of aromatic nitrogens is 3. The molecule has 1 aromatic rings. The van der Waals surface area contributed by atoms with Crippen molar-refractivity contribution in [3.63, 3.8) is 0 Å². The Balaban J connectivity index is 2.52. The molecule has 1 aromatic heterocycles. The lowest BCUT2D eigenvalue weighted by Crippen LogP contribution is -2.51. The molecule has 0 bridgehead atoms. The standard InChI is InChI=1S/C10H17N5O5S/c1-10(2,13-21(3,19)20)6-11-8(16)5-15-4-7(9(17)18)12-14-15/h4,13H,5-6H2,1-3H3,(H,11,16)(H,17,18). The molecule has 0 unspecified atom stereocenters. The van der Waals surface area contributed by atoms with Gasteiger partial charge in [-0.2, -0.15) is 0 Å². The largest absolute Gasteiger partial charge is 0.476 e. The number of nitrogens with one attached hydrogen (secondary N) is 2. The van der Waals surface area contributed by atoms with Crippen molar-refractivity contribution in [3.05, 3.63) is 11.9 Å². The SMILES string of the molecule is CC(C)(CNC(=O)Cn1cc(C(=O)O)nn1)NS(C)(=O)=O. The number of hydrogen-bond donors (Lipinski definition) is 3. The maximum atomic E-state index is 11.7. The monoisotopic (exact) mass is 319 g/mol. The van der Waals surface area contributed by atoms with Crippen LogP contribution in [0.1, 0.15) is 24.3 Å². The zero-order valence-corrected chi connectivity index (χ0v) is 12.6. The lowest BCUT2D eigenvalue weighted by Gasteiger charge is -2.25. The zero-order valence-electron chi connectivity index (χ0n) is 11.8. The Hall–Kier alpha value is -2.01. The molecule has 3 N–H and O–H groups in total. The number of carbonyl (C=O) groups is 2. The van der Waals surface area contributed by atoms with Gasteiger partial charge in [0.2, 0.25) is 15.9 Å². The van der Waals surface area contributed by atoms with E-state index < -0.39 is 27.4 Å². The van der Waals surface area contributed by atoms with Crippen molar-refractivity contribution in [1.82, 2.24) is 25.0 Å². The number of aromatic carboxylic acids is 1. The molecule has 0 aliphatic heterocycles. The average Bonchev–Trinajstić information content (AvgIpc) is 2.72. The minimum atomic E-state index is -3.39. The second-order valence-electron chi connectivity index (χ2n) is 5.14. The van der Waals surface area contributed by atoms with Crippen LogP contribution in [0, 0.1) is 0 Å². The quantitative estimate of drug-likeness (QED) is 0.550. The molecule has 0 saturated carbocycles. The number of sulfonamides is 1. The number of carboxylic acid groups (broad SMARTS) is 1. The van der Waals surface area contributed by atoms with E-state index in [9.17, 15) is 18.0 Å². The summed E-state index contributed by atoms with van der Waals surface area (Å²) in [4.78, 5) is 22.3. The molecule has 1 heterocycles. The van der Waals surface area contributed by atoms with Crippen molar-refractivity contribution in [3.8, 4) is 0 Å². The van der Waals surface area contributed by atoms with E-state index in [0.29, 0.717) is 0 Å². The van der Waals surface area contributed by atoms with Crippen LogP contribution >= 0.6 is 0 Å². The number of rotatable bonds is 7. The van der Waals surface area contributed by atoms with Crippen LogP contribution in [-0.2, 0) is 21.4 Å². The number of carboxylic acids is 1. The summed E-state index contributed by atoms with van der Waals surface area (Å²) in [5.74, 6) is -1.68. The summed E-state index contributed by atoms with van der Waals surface area (Å²) in [6, 6.07) is 0. The summed E-state index contributed by atoms with van der Waals surface area (Å²) in [6.45, 7) is 3.09. The molecule has 0 aliphatic carbocycles. The van der Waals surface area contributed by atoms with Crippen molar-refractivity contribution >= 4 is 21.9 Å². The summed E-state index contributed by atoms with van der Waals surface area (Å²) < 4.78 is 25.8. The molecule has 0 fully saturated rings. The van der Waals surface area contributed by atoms with Crippen molar-refractivity contribution in [2.75, 3.05) is 12.8 Å². The Labute approximate surface area is 121 Å². The Morgan fingerprint density at radius 1 is 1.43 bits per heavy atom. The Morgan fingerprint density at radius 2 is 2.05 bits per heavy atom. The first-order chi connectivity index (χ1) is 9.48. The van der Waals surface area contributed by atoms with Crippen LogP contribution in [-0.4, -0.2) is 58.7 Å². The highest BCUT2D eigenvalue weighted by Crippen LogP contribution is 2.02. The van der Waals surface area contributed by atoms with Gasteiger partial charge in [0.25, 0.3) is 0 Å². The molecule has 10 nitrogen and oxygen atoms in total.